The highest BCUT2D eigenvalue weighted by atomic mass is 19.1. The van der Waals surface area contributed by atoms with Crippen molar-refractivity contribution in [2.75, 3.05) is 25.0 Å². The topological polar surface area (TPSA) is 66.4 Å². The Morgan fingerprint density at radius 1 is 1.25 bits per heavy atom. The van der Waals surface area contributed by atoms with Crippen molar-refractivity contribution >= 4 is 17.5 Å². The van der Waals surface area contributed by atoms with Crippen LogP contribution in [0.3, 0.4) is 0 Å². The largest absolute Gasteiger partial charge is 0.305 e. The smallest absolute Gasteiger partial charge is 0.268 e. The number of para-hydroxylation sites is 1. The standard InChI is InChI=1S/C17H15FN4O2/c1-21-7-6-17(9-21)14-11(8-19-10-20-14)15(23)22(16(17)24)13-5-3-2-4-12(13)18/h2-5,8,10H,6-7,9H2,1H3. The number of anilines is 1. The van der Waals surface area contributed by atoms with Gasteiger partial charge in [-0.15, -0.1) is 0 Å². The molecular weight excluding hydrogens is 311 g/mol. The molecule has 1 aromatic heterocycles. The van der Waals surface area contributed by atoms with E-state index in [1.807, 2.05) is 11.9 Å². The van der Waals surface area contributed by atoms with Crippen LogP contribution < -0.4 is 4.90 Å². The molecule has 4 rings (SSSR count). The maximum Gasteiger partial charge on any atom is 0.268 e. The lowest BCUT2D eigenvalue weighted by Crippen LogP contribution is -2.56. The third-order valence-electron chi connectivity index (χ3n) is 4.77. The number of carbonyl (C=O) groups excluding carboxylic acids is 2. The average molecular weight is 326 g/mol. The molecule has 0 saturated carbocycles. The Bertz CT molecular complexity index is 856. The second kappa shape index (κ2) is 5.17. The molecule has 2 aromatic rings. The first-order valence-electron chi connectivity index (χ1n) is 7.67. The van der Waals surface area contributed by atoms with Crippen molar-refractivity contribution in [3.05, 3.63) is 53.9 Å². The lowest BCUT2D eigenvalue weighted by Gasteiger charge is -2.38. The summed E-state index contributed by atoms with van der Waals surface area (Å²) in [6, 6.07) is 5.80. The molecule has 2 amide bonds. The fourth-order valence-electron chi connectivity index (χ4n) is 3.62. The second-order valence-corrected chi connectivity index (χ2v) is 6.25. The van der Waals surface area contributed by atoms with Gasteiger partial charge >= 0.3 is 0 Å². The van der Waals surface area contributed by atoms with Gasteiger partial charge in [0.25, 0.3) is 5.91 Å². The number of amides is 2. The number of hydrogen-bond acceptors (Lipinski definition) is 5. The van der Waals surface area contributed by atoms with E-state index in [9.17, 15) is 14.0 Å². The number of rotatable bonds is 1. The van der Waals surface area contributed by atoms with Crippen molar-refractivity contribution in [2.45, 2.75) is 11.8 Å². The predicted octanol–water partition coefficient (Wildman–Crippen LogP) is 1.38. The highest BCUT2D eigenvalue weighted by Crippen LogP contribution is 2.42. The molecule has 1 atom stereocenters. The summed E-state index contributed by atoms with van der Waals surface area (Å²) in [6.07, 6.45) is 3.29. The van der Waals surface area contributed by atoms with Gasteiger partial charge in [-0.1, -0.05) is 12.1 Å². The molecular formula is C17H15FN4O2. The van der Waals surface area contributed by atoms with E-state index in [1.54, 1.807) is 6.07 Å². The number of fused-ring (bicyclic) bond motifs is 2. The highest BCUT2D eigenvalue weighted by molar-refractivity contribution is 6.27. The highest BCUT2D eigenvalue weighted by Gasteiger charge is 2.55. The molecule has 0 bridgehead atoms. The Morgan fingerprint density at radius 2 is 2.04 bits per heavy atom. The average Bonchev–Trinajstić information content (AvgIpc) is 2.98. The quantitative estimate of drug-likeness (QED) is 0.741. The van der Waals surface area contributed by atoms with Crippen molar-refractivity contribution in [3.8, 4) is 0 Å². The van der Waals surface area contributed by atoms with Crippen LogP contribution in [0.5, 0.6) is 0 Å². The Morgan fingerprint density at radius 3 is 2.75 bits per heavy atom. The number of aromatic nitrogens is 2. The molecule has 6 nitrogen and oxygen atoms in total. The van der Waals surface area contributed by atoms with Crippen LogP contribution in [0.15, 0.2) is 36.8 Å². The molecule has 0 N–H and O–H groups in total. The molecule has 1 unspecified atom stereocenters. The molecule has 1 fully saturated rings. The Labute approximate surface area is 137 Å². The summed E-state index contributed by atoms with van der Waals surface area (Å²) >= 11 is 0. The van der Waals surface area contributed by atoms with Gasteiger partial charge in [-0.05, 0) is 32.1 Å². The van der Waals surface area contributed by atoms with E-state index in [-0.39, 0.29) is 11.3 Å². The van der Waals surface area contributed by atoms with E-state index in [1.165, 1.54) is 30.7 Å². The van der Waals surface area contributed by atoms with Crippen LogP contribution in [0.1, 0.15) is 22.5 Å². The van der Waals surface area contributed by atoms with Gasteiger partial charge in [-0.3, -0.25) is 9.59 Å². The van der Waals surface area contributed by atoms with Gasteiger partial charge in [0.15, 0.2) is 0 Å². The summed E-state index contributed by atoms with van der Waals surface area (Å²) in [5.41, 5.74) is -0.264. The molecule has 0 aliphatic carbocycles. The van der Waals surface area contributed by atoms with Gasteiger partial charge in [0.1, 0.15) is 17.6 Å². The molecule has 7 heteroatoms. The fourth-order valence-corrected chi connectivity index (χ4v) is 3.62. The van der Waals surface area contributed by atoms with Gasteiger partial charge in [0, 0.05) is 12.7 Å². The number of likely N-dealkylation sites (tertiary alicyclic amines) is 1. The zero-order valence-corrected chi connectivity index (χ0v) is 13.1. The first kappa shape index (κ1) is 14.9. The van der Waals surface area contributed by atoms with Crippen molar-refractivity contribution in [1.82, 2.24) is 14.9 Å². The summed E-state index contributed by atoms with van der Waals surface area (Å²) in [5, 5.41) is 0. The third-order valence-corrected chi connectivity index (χ3v) is 4.77. The summed E-state index contributed by atoms with van der Waals surface area (Å²) in [5.74, 6) is -1.62. The summed E-state index contributed by atoms with van der Waals surface area (Å²) in [4.78, 5) is 37.2. The predicted molar refractivity (Wildman–Crippen MR) is 84.0 cm³/mol. The summed E-state index contributed by atoms with van der Waals surface area (Å²) < 4.78 is 14.3. The minimum Gasteiger partial charge on any atom is -0.305 e. The fraction of sp³-hybridized carbons (Fsp3) is 0.294. The molecule has 122 valence electrons. The van der Waals surface area contributed by atoms with E-state index in [2.05, 4.69) is 9.97 Å². The maximum atomic E-state index is 14.3. The van der Waals surface area contributed by atoms with Crippen LogP contribution in [-0.2, 0) is 10.2 Å². The van der Waals surface area contributed by atoms with E-state index < -0.39 is 23.0 Å². The normalized spacial score (nSPS) is 23.8. The first-order valence-corrected chi connectivity index (χ1v) is 7.67. The van der Waals surface area contributed by atoms with Gasteiger partial charge < -0.3 is 4.90 Å². The van der Waals surface area contributed by atoms with Crippen LogP contribution in [0.25, 0.3) is 0 Å². The lowest BCUT2D eigenvalue weighted by atomic mass is 9.76. The number of nitrogens with zero attached hydrogens (tertiary/aromatic N) is 4. The number of imide groups is 1. The van der Waals surface area contributed by atoms with Crippen molar-refractivity contribution in [1.29, 1.82) is 0 Å². The molecule has 2 aliphatic heterocycles. The first-order chi connectivity index (χ1) is 11.5. The van der Waals surface area contributed by atoms with Crippen LogP contribution in [0.2, 0.25) is 0 Å². The summed E-state index contributed by atoms with van der Waals surface area (Å²) in [6.45, 7) is 1.14. The minimum absolute atomic E-state index is 0.0315. The number of halogens is 1. The van der Waals surface area contributed by atoms with Crippen LogP contribution in [0.4, 0.5) is 10.1 Å². The van der Waals surface area contributed by atoms with E-state index in [0.29, 0.717) is 25.2 Å². The summed E-state index contributed by atoms with van der Waals surface area (Å²) in [7, 11) is 1.91. The Hall–Kier alpha value is -2.67. The number of hydrogen-bond donors (Lipinski definition) is 0. The Kier molecular flexibility index (Phi) is 3.21. The van der Waals surface area contributed by atoms with Crippen molar-refractivity contribution < 1.29 is 14.0 Å². The van der Waals surface area contributed by atoms with Crippen LogP contribution >= 0.6 is 0 Å². The molecule has 0 radical (unpaired) electrons. The number of benzene rings is 1. The van der Waals surface area contributed by atoms with Crippen LogP contribution in [0, 0.1) is 5.82 Å². The Balaban J connectivity index is 1.95. The van der Waals surface area contributed by atoms with Crippen LogP contribution in [-0.4, -0.2) is 46.8 Å². The SMILES string of the molecule is CN1CCC2(C1)C(=O)N(c1ccccc1F)C(=O)c1cncnc12. The van der Waals surface area contributed by atoms with Gasteiger partial charge in [-0.2, -0.15) is 0 Å². The minimum atomic E-state index is -0.941. The maximum absolute atomic E-state index is 14.3. The molecule has 1 aromatic carbocycles. The van der Waals surface area contributed by atoms with Gasteiger partial charge in [0.05, 0.1) is 16.9 Å². The van der Waals surface area contributed by atoms with Crippen molar-refractivity contribution in [2.24, 2.45) is 0 Å². The van der Waals surface area contributed by atoms with Crippen molar-refractivity contribution in [3.63, 3.8) is 0 Å². The van der Waals surface area contributed by atoms with Gasteiger partial charge in [0.2, 0.25) is 5.91 Å². The monoisotopic (exact) mass is 326 g/mol. The number of carbonyl (C=O) groups is 2. The van der Waals surface area contributed by atoms with E-state index in [0.717, 1.165) is 4.90 Å². The molecule has 3 heterocycles. The zero-order valence-electron chi connectivity index (χ0n) is 13.1. The van der Waals surface area contributed by atoms with E-state index >= 15 is 0 Å². The second-order valence-electron chi connectivity index (χ2n) is 6.25. The molecule has 1 saturated heterocycles. The number of likely N-dealkylation sites (N-methyl/N-ethyl adjacent to an activating group) is 1. The van der Waals surface area contributed by atoms with Gasteiger partial charge in [-0.25, -0.2) is 19.3 Å². The zero-order chi connectivity index (χ0) is 16.9. The third kappa shape index (κ3) is 1.91. The molecule has 2 aliphatic rings. The molecule has 1 spiro atoms. The van der Waals surface area contributed by atoms with E-state index in [4.69, 9.17) is 0 Å². The lowest BCUT2D eigenvalue weighted by molar-refractivity contribution is -0.123. The molecule has 24 heavy (non-hydrogen) atoms.